The number of nitrogens with two attached hydrogens (primary N) is 2. The van der Waals surface area contributed by atoms with Crippen molar-refractivity contribution in [3.05, 3.63) is 23.3 Å². The molecule has 1 aliphatic heterocycles. The average molecular weight is 150 g/mol. The molecule has 0 saturated heterocycles. The SMILES string of the molecule is Nc1cc(N)c2c(c1)COC2. The Bertz CT molecular complexity index is 296. The zero-order chi connectivity index (χ0) is 7.84. The smallest absolute Gasteiger partial charge is 0.0745 e. The third-order valence-corrected chi connectivity index (χ3v) is 1.90. The van der Waals surface area contributed by atoms with Gasteiger partial charge in [0, 0.05) is 16.9 Å². The van der Waals surface area contributed by atoms with E-state index in [9.17, 15) is 0 Å². The molecule has 0 aromatic heterocycles. The second-order valence-electron chi connectivity index (χ2n) is 2.74. The van der Waals surface area contributed by atoms with Crippen LogP contribution in [0.15, 0.2) is 12.1 Å². The molecule has 2 rings (SSSR count). The summed E-state index contributed by atoms with van der Waals surface area (Å²) in [7, 11) is 0. The molecule has 11 heavy (non-hydrogen) atoms. The fourth-order valence-electron chi connectivity index (χ4n) is 1.35. The Balaban J connectivity index is 2.60. The quantitative estimate of drug-likeness (QED) is 0.540. The number of hydrogen-bond donors (Lipinski definition) is 2. The van der Waals surface area contributed by atoms with Crippen molar-refractivity contribution in [2.24, 2.45) is 0 Å². The van der Waals surface area contributed by atoms with E-state index in [0.717, 1.165) is 16.8 Å². The number of ether oxygens (including phenoxy) is 1. The first-order valence-electron chi connectivity index (χ1n) is 3.52. The molecule has 0 bridgehead atoms. The van der Waals surface area contributed by atoms with E-state index in [2.05, 4.69) is 0 Å². The molecule has 0 saturated carbocycles. The lowest BCUT2D eigenvalue weighted by Gasteiger charge is -2.02. The van der Waals surface area contributed by atoms with Gasteiger partial charge in [0.2, 0.25) is 0 Å². The summed E-state index contributed by atoms with van der Waals surface area (Å²) in [6.07, 6.45) is 0. The second-order valence-corrected chi connectivity index (χ2v) is 2.74. The van der Waals surface area contributed by atoms with Crippen LogP contribution < -0.4 is 11.5 Å². The average Bonchev–Trinajstić information content (AvgIpc) is 2.34. The number of nitrogen functional groups attached to an aromatic ring is 2. The summed E-state index contributed by atoms with van der Waals surface area (Å²) in [4.78, 5) is 0. The molecule has 1 aromatic rings. The lowest BCUT2D eigenvalue weighted by atomic mass is 10.1. The van der Waals surface area contributed by atoms with Crippen LogP contribution in [0, 0.1) is 0 Å². The predicted molar refractivity (Wildman–Crippen MR) is 43.8 cm³/mol. The molecule has 0 atom stereocenters. The molecule has 0 aliphatic carbocycles. The molecule has 1 heterocycles. The van der Waals surface area contributed by atoms with Crippen LogP contribution in [0.3, 0.4) is 0 Å². The van der Waals surface area contributed by atoms with Gasteiger partial charge in [-0.2, -0.15) is 0 Å². The van der Waals surface area contributed by atoms with Gasteiger partial charge < -0.3 is 16.2 Å². The Kier molecular flexibility index (Phi) is 1.26. The number of hydrogen-bond acceptors (Lipinski definition) is 3. The minimum Gasteiger partial charge on any atom is -0.399 e. The standard InChI is InChI=1S/C8H10N2O/c9-6-1-5-3-11-4-7(5)8(10)2-6/h1-2H,3-4,9-10H2. The molecule has 0 amide bonds. The Morgan fingerprint density at radius 3 is 2.82 bits per heavy atom. The highest BCUT2D eigenvalue weighted by Crippen LogP contribution is 2.27. The van der Waals surface area contributed by atoms with E-state index in [1.807, 2.05) is 6.07 Å². The van der Waals surface area contributed by atoms with Crippen molar-refractivity contribution in [3.8, 4) is 0 Å². The van der Waals surface area contributed by atoms with Crippen molar-refractivity contribution in [1.82, 2.24) is 0 Å². The molecular formula is C8H10N2O. The maximum absolute atomic E-state index is 5.71. The molecule has 1 aliphatic rings. The summed E-state index contributed by atoms with van der Waals surface area (Å²) >= 11 is 0. The fraction of sp³-hybridized carbons (Fsp3) is 0.250. The highest BCUT2D eigenvalue weighted by Gasteiger charge is 2.13. The summed E-state index contributed by atoms with van der Waals surface area (Å²) in [5.74, 6) is 0. The molecule has 3 heteroatoms. The first-order valence-corrected chi connectivity index (χ1v) is 3.52. The Hall–Kier alpha value is -1.22. The van der Waals surface area contributed by atoms with Crippen LogP contribution in [-0.4, -0.2) is 0 Å². The minimum atomic E-state index is 0.626. The normalized spacial score (nSPS) is 14.9. The van der Waals surface area contributed by atoms with E-state index in [0.29, 0.717) is 18.9 Å². The van der Waals surface area contributed by atoms with Crippen molar-refractivity contribution >= 4 is 11.4 Å². The molecule has 4 N–H and O–H groups in total. The van der Waals surface area contributed by atoms with E-state index in [1.165, 1.54) is 0 Å². The van der Waals surface area contributed by atoms with Crippen LogP contribution in [0.5, 0.6) is 0 Å². The van der Waals surface area contributed by atoms with E-state index >= 15 is 0 Å². The second kappa shape index (κ2) is 2.13. The van der Waals surface area contributed by atoms with Crippen molar-refractivity contribution in [1.29, 1.82) is 0 Å². The molecule has 0 unspecified atom stereocenters. The van der Waals surface area contributed by atoms with Gasteiger partial charge in [-0.25, -0.2) is 0 Å². The van der Waals surface area contributed by atoms with Gasteiger partial charge in [-0.05, 0) is 17.7 Å². The van der Waals surface area contributed by atoms with Crippen molar-refractivity contribution in [3.63, 3.8) is 0 Å². The maximum Gasteiger partial charge on any atom is 0.0745 e. The third-order valence-electron chi connectivity index (χ3n) is 1.90. The number of benzene rings is 1. The number of anilines is 2. The summed E-state index contributed by atoms with van der Waals surface area (Å²) in [5.41, 5.74) is 15.0. The van der Waals surface area contributed by atoms with Gasteiger partial charge in [-0.3, -0.25) is 0 Å². The molecule has 0 radical (unpaired) electrons. The van der Waals surface area contributed by atoms with Gasteiger partial charge in [-0.15, -0.1) is 0 Å². The van der Waals surface area contributed by atoms with E-state index in [4.69, 9.17) is 16.2 Å². The summed E-state index contributed by atoms with van der Waals surface area (Å²) in [6.45, 7) is 1.27. The summed E-state index contributed by atoms with van der Waals surface area (Å²) in [5, 5.41) is 0. The summed E-state index contributed by atoms with van der Waals surface area (Å²) < 4.78 is 5.22. The van der Waals surface area contributed by atoms with Crippen LogP contribution in [-0.2, 0) is 18.0 Å². The van der Waals surface area contributed by atoms with Crippen LogP contribution in [0.1, 0.15) is 11.1 Å². The molecule has 0 fully saturated rings. The fourth-order valence-corrected chi connectivity index (χ4v) is 1.35. The summed E-state index contributed by atoms with van der Waals surface area (Å²) in [6, 6.07) is 3.69. The van der Waals surface area contributed by atoms with Gasteiger partial charge in [0.1, 0.15) is 0 Å². The zero-order valence-corrected chi connectivity index (χ0v) is 6.13. The van der Waals surface area contributed by atoms with Gasteiger partial charge >= 0.3 is 0 Å². The van der Waals surface area contributed by atoms with Crippen molar-refractivity contribution in [2.75, 3.05) is 11.5 Å². The Morgan fingerprint density at radius 2 is 2.00 bits per heavy atom. The van der Waals surface area contributed by atoms with E-state index < -0.39 is 0 Å². The lowest BCUT2D eigenvalue weighted by molar-refractivity contribution is 0.134. The van der Waals surface area contributed by atoms with Crippen LogP contribution in [0.25, 0.3) is 0 Å². The van der Waals surface area contributed by atoms with Crippen molar-refractivity contribution in [2.45, 2.75) is 13.2 Å². The van der Waals surface area contributed by atoms with Crippen LogP contribution in [0.4, 0.5) is 11.4 Å². The highest BCUT2D eigenvalue weighted by molar-refractivity contribution is 5.60. The maximum atomic E-state index is 5.71. The monoisotopic (exact) mass is 150 g/mol. The van der Waals surface area contributed by atoms with E-state index in [1.54, 1.807) is 6.07 Å². The van der Waals surface area contributed by atoms with Gasteiger partial charge in [0.05, 0.1) is 13.2 Å². The van der Waals surface area contributed by atoms with Gasteiger partial charge in [-0.1, -0.05) is 0 Å². The van der Waals surface area contributed by atoms with Gasteiger partial charge in [0.15, 0.2) is 0 Å². The first kappa shape index (κ1) is 6.49. The molecule has 3 nitrogen and oxygen atoms in total. The first-order chi connectivity index (χ1) is 5.27. The molecule has 0 spiro atoms. The molecule has 1 aromatic carbocycles. The van der Waals surface area contributed by atoms with Crippen LogP contribution >= 0.6 is 0 Å². The molecule has 58 valence electrons. The van der Waals surface area contributed by atoms with E-state index in [-0.39, 0.29) is 0 Å². The van der Waals surface area contributed by atoms with Crippen LogP contribution in [0.2, 0.25) is 0 Å². The largest absolute Gasteiger partial charge is 0.399 e. The predicted octanol–water partition coefficient (Wildman–Crippen LogP) is 0.881. The molecular weight excluding hydrogens is 140 g/mol. The number of fused-ring (bicyclic) bond motifs is 1. The van der Waals surface area contributed by atoms with Crippen molar-refractivity contribution < 1.29 is 4.74 Å². The minimum absolute atomic E-state index is 0.626. The lowest BCUT2D eigenvalue weighted by Crippen LogP contribution is -1.96. The Labute approximate surface area is 64.9 Å². The highest BCUT2D eigenvalue weighted by atomic mass is 16.5. The Morgan fingerprint density at radius 1 is 1.18 bits per heavy atom. The topological polar surface area (TPSA) is 61.3 Å². The third kappa shape index (κ3) is 0.935. The van der Waals surface area contributed by atoms with Gasteiger partial charge in [0.25, 0.3) is 0 Å². The number of rotatable bonds is 0. The zero-order valence-electron chi connectivity index (χ0n) is 6.13.